The van der Waals surface area contributed by atoms with Crippen LogP contribution in [0.25, 0.3) is 0 Å². The third-order valence-electron chi connectivity index (χ3n) is 3.09. The minimum absolute atomic E-state index is 0.227. The predicted octanol–water partition coefficient (Wildman–Crippen LogP) is 2.80. The predicted molar refractivity (Wildman–Crippen MR) is 79.0 cm³/mol. The Balaban J connectivity index is 2.02. The van der Waals surface area contributed by atoms with Gasteiger partial charge in [-0.25, -0.2) is 0 Å². The topological polar surface area (TPSA) is 24.5 Å². The molecule has 1 fully saturated rings. The SMILES string of the molecule is Cc1ccccc1NC(=S)N1C[C@@H](C)O[C@H](C)C1. The van der Waals surface area contributed by atoms with Crippen molar-refractivity contribution in [2.75, 3.05) is 18.4 Å². The number of thiocarbonyl (C=S) groups is 1. The summed E-state index contributed by atoms with van der Waals surface area (Å²) in [6.07, 6.45) is 0.454. The molecule has 1 aliphatic rings. The Morgan fingerprint density at radius 2 is 1.89 bits per heavy atom. The Morgan fingerprint density at radius 3 is 2.50 bits per heavy atom. The number of nitrogens with zero attached hydrogens (tertiary/aromatic N) is 1. The van der Waals surface area contributed by atoms with Crippen LogP contribution in [0.5, 0.6) is 0 Å². The maximum absolute atomic E-state index is 5.71. The van der Waals surface area contributed by atoms with E-state index >= 15 is 0 Å². The Hall–Kier alpha value is -1.13. The van der Waals surface area contributed by atoms with E-state index in [0.29, 0.717) is 0 Å². The van der Waals surface area contributed by atoms with Gasteiger partial charge in [0.2, 0.25) is 0 Å². The van der Waals surface area contributed by atoms with Crippen LogP contribution in [0.3, 0.4) is 0 Å². The van der Waals surface area contributed by atoms with Crippen LogP contribution in [0.2, 0.25) is 0 Å². The molecule has 2 atom stereocenters. The molecular formula is C14H20N2OS. The first kappa shape index (κ1) is 13.3. The number of anilines is 1. The second-order valence-electron chi connectivity index (χ2n) is 4.91. The highest BCUT2D eigenvalue weighted by Gasteiger charge is 2.23. The molecule has 4 heteroatoms. The zero-order valence-corrected chi connectivity index (χ0v) is 12.0. The first-order chi connectivity index (χ1) is 8.56. The second-order valence-corrected chi connectivity index (χ2v) is 5.29. The lowest BCUT2D eigenvalue weighted by molar-refractivity contribution is -0.0473. The molecule has 0 bridgehead atoms. The van der Waals surface area contributed by atoms with Crippen molar-refractivity contribution in [1.82, 2.24) is 4.90 Å². The van der Waals surface area contributed by atoms with Crippen molar-refractivity contribution < 1.29 is 4.74 Å². The van der Waals surface area contributed by atoms with E-state index in [-0.39, 0.29) is 12.2 Å². The number of para-hydroxylation sites is 1. The summed E-state index contributed by atoms with van der Waals surface area (Å²) < 4.78 is 5.71. The van der Waals surface area contributed by atoms with Gasteiger partial charge < -0.3 is 15.0 Å². The van der Waals surface area contributed by atoms with Crippen molar-refractivity contribution in [3.05, 3.63) is 29.8 Å². The van der Waals surface area contributed by atoms with Crippen LogP contribution in [0, 0.1) is 6.92 Å². The monoisotopic (exact) mass is 264 g/mol. The Labute approximate surface area is 114 Å². The van der Waals surface area contributed by atoms with Gasteiger partial charge in [-0.15, -0.1) is 0 Å². The van der Waals surface area contributed by atoms with Gasteiger partial charge in [-0.3, -0.25) is 0 Å². The molecule has 0 unspecified atom stereocenters. The molecule has 1 saturated heterocycles. The molecule has 1 aromatic rings. The molecule has 1 heterocycles. The summed E-state index contributed by atoms with van der Waals surface area (Å²) in [6.45, 7) is 7.94. The highest BCUT2D eigenvalue weighted by atomic mass is 32.1. The van der Waals surface area contributed by atoms with Crippen molar-refractivity contribution in [1.29, 1.82) is 0 Å². The standard InChI is InChI=1S/C14H20N2OS/c1-10-6-4-5-7-13(10)15-14(18)16-8-11(2)17-12(3)9-16/h4-7,11-12H,8-9H2,1-3H3,(H,15,18)/t11-,12-/m1/s1. The summed E-state index contributed by atoms with van der Waals surface area (Å²) in [5.41, 5.74) is 2.28. The van der Waals surface area contributed by atoms with Gasteiger partial charge in [0.1, 0.15) is 0 Å². The Bertz CT molecular complexity index is 426. The van der Waals surface area contributed by atoms with Crippen molar-refractivity contribution in [2.45, 2.75) is 33.0 Å². The van der Waals surface area contributed by atoms with Crippen molar-refractivity contribution in [3.8, 4) is 0 Å². The highest BCUT2D eigenvalue weighted by molar-refractivity contribution is 7.80. The van der Waals surface area contributed by atoms with Gasteiger partial charge in [0.25, 0.3) is 0 Å². The van der Waals surface area contributed by atoms with Crippen LogP contribution >= 0.6 is 12.2 Å². The van der Waals surface area contributed by atoms with Gasteiger partial charge in [0, 0.05) is 18.8 Å². The van der Waals surface area contributed by atoms with E-state index in [9.17, 15) is 0 Å². The van der Waals surface area contributed by atoms with E-state index in [2.05, 4.69) is 43.1 Å². The number of aryl methyl sites for hydroxylation is 1. The number of benzene rings is 1. The smallest absolute Gasteiger partial charge is 0.173 e. The molecular weight excluding hydrogens is 244 g/mol. The van der Waals surface area contributed by atoms with Crippen molar-refractivity contribution in [2.24, 2.45) is 0 Å². The van der Waals surface area contributed by atoms with E-state index in [1.54, 1.807) is 0 Å². The zero-order chi connectivity index (χ0) is 13.1. The summed E-state index contributed by atoms with van der Waals surface area (Å²) >= 11 is 5.48. The first-order valence-corrected chi connectivity index (χ1v) is 6.74. The molecule has 1 N–H and O–H groups in total. The fraction of sp³-hybridized carbons (Fsp3) is 0.500. The van der Waals surface area contributed by atoms with Gasteiger partial charge in [0.05, 0.1) is 12.2 Å². The van der Waals surface area contributed by atoms with Gasteiger partial charge >= 0.3 is 0 Å². The van der Waals surface area contributed by atoms with Crippen LogP contribution in [-0.2, 0) is 4.74 Å². The van der Waals surface area contributed by atoms with Gasteiger partial charge in [-0.05, 0) is 44.6 Å². The minimum Gasteiger partial charge on any atom is -0.372 e. The van der Waals surface area contributed by atoms with Crippen LogP contribution in [0.1, 0.15) is 19.4 Å². The number of ether oxygens (including phenoxy) is 1. The molecule has 0 spiro atoms. The van der Waals surface area contributed by atoms with E-state index < -0.39 is 0 Å². The van der Waals surface area contributed by atoms with E-state index in [1.165, 1.54) is 5.56 Å². The normalized spacial score (nSPS) is 23.8. The third kappa shape index (κ3) is 3.21. The van der Waals surface area contributed by atoms with E-state index in [1.807, 2.05) is 12.1 Å². The fourth-order valence-corrected chi connectivity index (χ4v) is 2.51. The maximum atomic E-state index is 5.71. The summed E-state index contributed by atoms with van der Waals surface area (Å²) in [6, 6.07) is 8.18. The van der Waals surface area contributed by atoms with Gasteiger partial charge in [-0.1, -0.05) is 18.2 Å². The lowest BCUT2D eigenvalue weighted by Gasteiger charge is -2.37. The number of rotatable bonds is 1. The van der Waals surface area contributed by atoms with Crippen molar-refractivity contribution >= 4 is 23.0 Å². The number of hydrogen-bond acceptors (Lipinski definition) is 2. The molecule has 98 valence electrons. The number of nitrogens with one attached hydrogen (secondary N) is 1. The maximum Gasteiger partial charge on any atom is 0.173 e. The Kier molecular flexibility index (Phi) is 4.19. The summed E-state index contributed by atoms with van der Waals surface area (Å²) in [7, 11) is 0. The van der Waals surface area contributed by atoms with Crippen LogP contribution in [0.15, 0.2) is 24.3 Å². The van der Waals surface area contributed by atoms with Gasteiger partial charge in [0.15, 0.2) is 5.11 Å². The second kappa shape index (κ2) is 5.67. The lowest BCUT2D eigenvalue weighted by Crippen LogP contribution is -2.49. The van der Waals surface area contributed by atoms with Gasteiger partial charge in [-0.2, -0.15) is 0 Å². The molecule has 1 aliphatic heterocycles. The molecule has 2 rings (SSSR count). The fourth-order valence-electron chi connectivity index (χ4n) is 2.25. The number of morpholine rings is 1. The molecule has 3 nitrogen and oxygen atoms in total. The molecule has 0 saturated carbocycles. The average molecular weight is 264 g/mol. The molecule has 0 aliphatic carbocycles. The van der Waals surface area contributed by atoms with Crippen LogP contribution in [-0.4, -0.2) is 35.3 Å². The van der Waals surface area contributed by atoms with Crippen LogP contribution < -0.4 is 5.32 Å². The van der Waals surface area contributed by atoms with E-state index in [0.717, 1.165) is 23.9 Å². The summed E-state index contributed by atoms with van der Waals surface area (Å²) in [5.74, 6) is 0. The molecule has 0 radical (unpaired) electrons. The number of hydrogen-bond donors (Lipinski definition) is 1. The third-order valence-corrected chi connectivity index (χ3v) is 3.45. The van der Waals surface area contributed by atoms with Crippen molar-refractivity contribution in [3.63, 3.8) is 0 Å². The average Bonchev–Trinajstić information content (AvgIpc) is 2.31. The largest absolute Gasteiger partial charge is 0.372 e. The summed E-state index contributed by atoms with van der Waals surface area (Å²) in [4.78, 5) is 2.18. The summed E-state index contributed by atoms with van der Waals surface area (Å²) in [5, 5.41) is 4.11. The quantitative estimate of drug-likeness (QED) is 0.788. The van der Waals surface area contributed by atoms with E-state index in [4.69, 9.17) is 17.0 Å². The molecule has 18 heavy (non-hydrogen) atoms. The highest BCUT2D eigenvalue weighted by Crippen LogP contribution is 2.16. The zero-order valence-electron chi connectivity index (χ0n) is 11.1. The lowest BCUT2D eigenvalue weighted by atomic mass is 10.2. The molecule has 0 aromatic heterocycles. The minimum atomic E-state index is 0.227. The Morgan fingerprint density at radius 1 is 1.28 bits per heavy atom. The first-order valence-electron chi connectivity index (χ1n) is 6.33. The molecule has 0 amide bonds. The molecule has 1 aromatic carbocycles. The van der Waals surface area contributed by atoms with Crippen LogP contribution in [0.4, 0.5) is 5.69 Å².